The van der Waals surface area contributed by atoms with E-state index in [2.05, 4.69) is 9.97 Å². The Labute approximate surface area is 191 Å². The van der Waals surface area contributed by atoms with Gasteiger partial charge in [-0.1, -0.05) is 29.8 Å². The maximum absolute atomic E-state index is 14.9. The van der Waals surface area contributed by atoms with E-state index in [9.17, 15) is 14.0 Å². The van der Waals surface area contributed by atoms with Gasteiger partial charge in [0.2, 0.25) is 11.8 Å². The van der Waals surface area contributed by atoms with Crippen molar-refractivity contribution < 1.29 is 18.7 Å². The smallest absolute Gasteiger partial charge is 0.254 e. The van der Waals surface area contributed by atoms with Gasteiger partial charge in [-0.2, -0.15) is 0 Å². The van der Waals surface area contributed by atoms with E-state index in [-0.39, 0.29) is 36.7 Å². The van der Waals surface area contributed by atoms with Crippen molar-refractivity contribution in [1.82, 2.24) is 19.4 Å². The van der Waals surface area contributed by atoms with Crippen molar-refractivity contribution >= 4 is 11.8 Å². The molecule has 0 saturated carbocycles. The van der Waals surface area contributed by atoms with E-state index in [1.165, 1.54) is 11.1 Å². The van der Waals surface area contributed by atoms with Crippen molar-refractivity contribution in [3.05, 3.63) is 71.4 Å². The van der Waals surface area contributed by atoms with E-state index in [1.54, 1.807) is 23.2 Å². The van der Waals surface area contributed by atoms with Crippen LogP contribution in [0.2, 0.25) is 0 Å². The Kier molecular flexibility index (Phi) is 6.39. The quantitative estimate of drug-likeness (QED) is 0.620. The summed E-state index contributed by atoms with van der Waals surface area (Å²) in [6.45, 7) is 4.10. The van der Waals surface area contributed by atoms with Crippen molar-refractivity contribution in [2.45, 2.75) is 39.0 Å². The SMILES string of the molecule is Cc1ccc(CC(=O)N2CC[C@@H](Oc3ncc(-n4cnc(C)c4)cc3C(N)=O)[C@@H](F)C2)cc1. The molecule has 1 aliphatic heterocycles. The Morgan fingerprint density at radius 1 is 1.21 bits per heavy atom. The van der Waals surface area contributed by atoms with Gasteiger partial charge in [0.05, 0.1) is 36.9 Å². The molecular formula is C24H26FN5O3. The van der Waals surface area contributed by atoms with Gasteiger partial charge >= 0.3 is 0 Å². The maximum Gasteiger partial charge on any atom is 0.254 e. The predicted molar refractivity (Wildman–Crippen MR) is 120 cm³/mol. The summed E-state index contributed by atoms with van der Waals surface area (Å²) >= 11 is 0. The van der Waals surface area contributed by atoms with E-state index in [0.717, 1.165) is 16.8 Å². The highest BCUT2D eigenvalue weighted by Crippen LogP contribution is 2.25. The molecule has 0 spiro atoms. The van der Waals surface area contributed by atoms with Gasteiger partial charge in [0.15, 0.2) is 6.17 Å². The number of nitrogens with two attached hydrogens (primary N) is 1. The van der Waals surface area contributed by atoms with Crippen LogP contribution in [-0.2, 0) is 11.2 Å². The second-order valence-corrected chi connectivity index (χ2v) is 8.30. The lowest BCUT2D eigenvalue weighted by Crippen LogP contribution is -2.49. The highest BCUT2D eigenvalue weighted by atomic mass is 19.1. The molecule has 3 aromatic rings. The van der Waals surface area contributed by atoms with Crippen molar-refractivity contribution in [3.63, 3.8) is 0 Å². The van der Waals surface area contributed by atoms with Gasteiger partial charge in [-0.25, -0.2) is 14.4 Å². The number of pyridine rings is 1. The number of amides is 2. The molecule has 33 heavy (non-hydrogen) atoms. The van der Waals surface area contributed by atoms with Crippen LogP contribution in [0.15, 0.2) is 49.1 Å². The van der Waals surface area contributed by atoms with Crippen LogP contribution in [0.25, 0.3) is 5.69 Å². The summed E-state index contributed by atoms with van der Waals surface area (Å²) in [5, 5.41) is 0. The summed E-state index contributed by atoms with van der Waals surface area (Å²) < 4.78 is 22.4. The van der Waals surface area contributed by atoms with E-state index < -0.39 is 18.2 Å². The van der Waals surface area contributed by atoms with Crippen LogP contribution in [0.5, 0.6) is 5.88 Å². The van der Waals surface area contributed by atoms with Crippen LogP contribution < -0.4 is 10.5 Å². The number of carbonyl (C=O) groups excluding carboxylic acids is 2. The molecule has 4 rings (SSSR count). The number of hydrogen-bond acceptors (Lipinski definition) is 5. The highest BCUT2D eigenvalue weighted by molar-refractivity contribution is 5.95. The normalized spacial score (nSPS) is 18.2. The van der Waals surface area contributed by atoms with Crippen LogP contribution in [0.4, 0.5) is 4.39 Å². The number of halogens is 1. The standard InChI is InChI=1S/C24H26FN5O3/c1-15-3-5-17(6-4-15)9-22(31)29-8-7-21(20(25)13-29)33-24-19(23(26)32)10-18(11-27-24)30-12-16(2)28-14-30/h3-6,10-12,14,20-21H,7-9,13H2,1-2H3,(H2,26,32)/t20-,21+/m0/s1. The largest absolute Gasteiger partial charge is 0.471 e. The van der Waals surface area contributed by atoms with Crippen LogP contribution >= 0.6 is 0 Å². The number of alkyl halides is 1. The molecule has 1 aromatic carbocycles. The second kappa shape index (κ2) is 9.40. The number of piperidine rings is 1. The Hall–Kier alpha value is -3.75. The fourth-order valence-electron chi connectivity index (χ4n) is 3.79. The van der Waals surface area contributed by atoms with Crippen molar-refractivity contribution in [2.24, 2.45) is 5.73 Å². The number of rotatable bonds is 6. The van der Waals surface area contributed by atoms with E-state index in [4.69, 9.17) is 10.5 Å². The average molecular weight is 452 g/mol. The molecule has 1 aliphatic rings. The number of aromatic nitrogens is 3. The Bertz CT molecular complexity index is 1160. The lowest BCUT2D eigenvalue weighted by Gasteiger charge is -2.34. The number of hydrogen-bond donors (Lipinski definition) is 1. The van der Waals surface area contributed by atoms with Crippen LogP contribution in [-0.4, -0.2) is 56.6 Å². The molecule has 3 heterocycles. The molecule has 0 unspecified atom stereocenters. The van der Waals surface area contributed by atoms with E-state index in [0.29, 0.717) is 12.2 Å². The van der Waals surface area contributed by atoms with Gasteiger partial charge in [0.25, 0.3) is 5.91 Å². The number of carbonyl (C=O) groups is 2. The fraction of sp³-hybridized carbons (Fsp3) is 0.333. The second-order valence-electron chi connectivity index (χ2n) is 8.30. The Morgan fingerprint density at radius 2 is 1.97 bits per heavy atom. The predicted octanol–water partition coefficient (Wildman–Crippen LogP) is 2.54. The number of benzene rings is 1. The molecule has 0 bridgehead atoms. The topological polar surface area (TPSA) is 103 Å². The molecule has 2 atom stereocenters. The third kappa shape index (κ3) is 5.19. The first-order valence-corrected chi connectivity index (χ1v) is 10.7. The van der Waals surface area contributed by atoms with Gasteiger partial charge in [0.1, 0.15) is 11.7 Å². The summed E-state index contributed by atoms with van der Waals surface area (Å²) in [7, 11) is 0. The molecule has 9 heteroatoms. The summed E-state index contributed by atoms with van der Waals surface area (Å²) in [5.74, 6) is -0.872. The molecule has 1 fully saturated rings. The first kappa shape index (κ1) is 22.4. The molecule has 172 valence electrons. The minimum absolute atomic E-state index is 0.0184. The van der Waals surface area contributed by atoms with Gasteiger partial charge in [-0.3, -0.25) is 9.59 Å². The monoisotopic (exact) mass is 451 g/mol. The minimum Gasteiger partial charge on any atom is -0.471 e. The first-order valence-electron chi connectivity index (χ1n) is 10.7. The van der Waals surface area contributed by atoms with Crippen molar-refractivity contribution in [2.75, 3.05) is 13.1 Å². The number of primary amides is 1. The van der Waals surface area contributed by atoms with Gasteiger partial charge in [-0.05, 0) is 25.5 Å². The molecule has 0 aliphatic carbocycles. The Morgan fingerprint density at radius 3 is 2.61 bits per heavy atom. The molecular weight excluding hydrogens is 425 g/mol. The summed E-state index contributed by atoms with van der Waals surface area (Å²) in [5.41, 5.74) is 8.98. The zero-order valence-corrected chi connectivity index (χ0v) is 18.6. The fourth-order valence-corrected chi connectivity index (χ4v) is 3.79. The lowest BCUT2D eigenvalue weighted by molar-refractivity contribution is -0.134. The number of ether oxygens (including phenoxy) is 1. The van der Waals surface area contributed by atoms with E-state index in [1.807, 2.05) is 38.1 Å². The molecule has 8 nitrogen and oxygen atoms in total. The van der Waals surface area contributed by atoms with Crippen LogP contribution in [0.1, 0.15) is 33.6 Å². The number of imidazole rings is 1. The van der Waals surface area contributed by atoms with Gasteiger partial charge < -0.3 is 19.9 Å². The van der Waals surface area contributed by atoms with Crippen molar-refractivity contribution in [3.8, 4) is 11.6 Å². The zero-order chi connectivity index (χ0) is 23.5. The molecule has 2 amide bonds. The number of aryl methyl sites for hydroxylation is 2. The average Bonchev–Trinajstić information content (AvgIpc) is 3.23. The van der Waals surface area contributed by atoms with E-state index >= 15 is 0 Å². The molecule has 2 aromatic heterocycles. The van der Waals surface area contributed by atoms with Crippen LogP contribution in [0, 0.1) is 13.8 Å². The highest BCUT2D eigenvalue weighted by Gasteiger charge is 2.34. The molecule has 0 radical (unpaired) electrons. The summed E-state index contributed by atoms with van der Waals surface area (Å²) in [4.78, 5) is 34.5. The summed E-state index contributed by atoms with van der Waals surface area (Å²) in [6.07, 6.45) is 3.14. The lowest BCUT2D eigenvalue weighted by atomic mass is 10.0. The van der Waals surface area contributed by atoms with Gasteiger partial charge in [-0.15, -0.1) is 0 Å². The zero-order valence-electron chi connectivity index (χ0n) is 18.6. The third-order valence-electron chi connectivity index (χ3n) is 5.69. The van der Waals surface area contributed by atoms with Crippen LogP contribution in [0.3, 0.4) is 0 Å². The summed E-state index contributed by atoms with van der Waals surface area (Å²) in [6, 6.07) is 9.25. The van der Waals surface area contributed by atoms with Crippen molar-refractivity contribution in [1.29, 1.82) is 0 Å². The molecule has 2 N–H and O–H groups in total. The first-order chi connectivity index (χ1) is 15.8. The molecule has 1 saturated heterocycles. The number of likely N-dealkylation sites (tertiary alicyclic amines) is 1. The maximum atomic E-state index is 14.9. The Balaban J connectivity index is 1.42. The minimum atomic E-state index is -1.42. The van der Waals surface area contributed by atoms with Gasteiger partial charge in [0, 0.05) is 19.2 Å². The number of nitrogens with zero attached hydrogens (tertiary/aromatic N) is 4. The third-order valence-corrected chi connectivity index (χ3v) is 5.69.